The molecule has 1 N–H and O–H groups in total. The van der Waals surface area contributed by atoms with Gasteiger partial charge in [-0.25, -0.2) is 0 Å². The summed E-state index contributed by atoms with van der Waals surface area (Å²) in [5.74, 6) is 0. The molecule has 0 bridgehead atoms. The molecule has 0 radical (unpaired) electrons. The summed E-state index contributed by atoms with van der Waals surface area (Å²) in [6.07, 6.45) is 12.0. The SMILES string of the molecule is CCCCC(C)NCC1(SC)CCCC1. The summed E-state index contributed by atoms with van der Waals surface area (Å²) in [5, 5.41) is 3.73. The van der Waals surface area contributed by atoms with Crippen molar-refractivity contribution in [3.05, 3.63) is 0 Å². The normalized spacial score (nSPS) is 21.8. The Balaban J connectivity index is 2.21. The van der Waals surface area contributed by atoms with E-state index in [2.05, 4.69) is 37.2 Å². The highest BCUT2D eigenvalue weighted by Gasteiger charge is 2.32. The number of rotatable bonds is 7. The highest BCUT2D eigenvalue weighted by atomic mass is 32.2. The first-order valence-corrected chi connectivity index (χ1v) is 7.73. The summed E-state index contributed by atoms with van der Waals surface area (Å²) in [6.45, 7) is 5.82. The molecule has 1 saturated carbocycles. The van der Waals surface area contributed by atoms with E-state index in [1.165, 1.54) is 51.5 Å². The molecule has 2 heteroatoms. The molecule has 1 rings (SSSR count). The Morgan fingerprint density at radius 1 is 1.33 bits per heavy atom. The minimum absolute atomic E-state index is 0.570. The van der Waals surface area contributed by atoms with Gasteiger partial charge in [-0.05, 0) is 32.4 Å². The minimum atomic E-state index is 0.570. The summed E-state index contributed by atoms with van der Waals surface area (Å²) in [4.78, 5) is 0. The highest BCUT2D eigenvalue weighted by Crippen LogP contribution is 2.39. The summed E-state index contributed by atoms with van der Waals surface area (Å²) in [6, 6.07) is 0.703. The van der Waals surface area contributed by atoms with Crippen LogP contribution < -0.4 is 5.32 Å². The smallest absolute Gasteiger partial charge is 0.0281 e. The molecule has 0 saturated heterocycles. The van der Waals surface area contributed by atoms with Gasteiger partial charge in [0.25, 0.3) is 0 Å². The number of hydrogen-bond acceptors (Lipinski definition) is 2. The van der Waals surface area contributed by atoms with Crippen LogP contribution >= 0.6 is 11.8 Å². The lowest BCUT2D eigenvalue weighted by molar-refractivity contribution is 0.448. The Hall–Kier alpha value is 0.310. The molecule has 0 aromatic carbocycles. The number of thioether (sulfide) groups is 1. The van der Waals surface area contributed by atoms with Gasteiger partial charge in [0.1, 0.15) is 0 Å². The van der Waals surface area contributed by atoms with E-state index < -0.39 is 0 Å². The molecule has 1 atom stereocenters. The molecule has 1 aliphatic carbocycles. The fourth-order valence-corrected chi connectivity index (χ4v) is 3.37. The number of hydrogen-bond donors (Lipinski definition) is 1. The Morgan fingerprint density at radius 2 is 2.00 bits per heavy atom. The van der Waals surface area contributed by atoms with Gasteiger partial charge in [0.05, 0.1) is 0 Å². The molecule has 1 fully saturated rings. The molecule has 0 aliphatic heterocycles. The maximum absolute atomic E-state index is 3.73. The van der Waals surface area contributed by atoms with Crippen LogP contribution in [0.15, 0.2) is 0 Å². The van der Waals surface area contributed by atoms with Gasteiger partial charge in [0.15, 0.2) is 0 Å². The van der Waals surface area contributed by atoms with Gasteiger partial charge >= 0.3 is 0 Å². The summed E-state index contributed by atoms with van der Waals surface area (Å²) < 4.78 is 0.570. The maximum Gasteiger partial charge on any atom is 0.0281 e. The largest absolute Gasteiger partial charge is 0.313 e. The van der Waals surface area contributed by atoms with Crippen molar-refractivity contribution in [2.75, 3.05) is 12.8 Å². The molecule has 90 valence electrons. The van der Waals surface area contributed by atoms with Crippen molar-refractivity contribution in [2.24, 2.45) is 0 Å². The summed E-state index contributed by atoms with van der Waals surface area (Å²) in [5.41, 5.74) is 0. The summed E-state index contributed by atoms with van der Waals surface area (Å²) >= 11 is 2.08. The summed E-state index contributed by atoms with van der Waals surface area (Å²) in [7, 11) is 0. The molecular formula is C13H27NS. The molecule has 1 nitrogen and oxygen atoms in total. The molecule has 15 heavy (non-hydrogen) atoms. The van der Waals surface area contributed by atoms with Crippen LogP contribution in [0.2, 0.25) is 0 Å². The van der Waals surface area contributed by atoms with Gasteiger partial charge in [0, 0.05) is 17.3 Å². The van der Waals surface area contributed by atoms with E-state index in [9.17, 15) is 0 Å². The molecule has 0 aromatic rings. The van der Waals surface area contributed by atoms with Gasteiger partial charge in [-0.1, -0.05) is 32.6 Å². The third-order valence-corrected chi connectivity index (χ3v) is 5.13. The predicted molar refractivity (Wildman–Crippen MR) is 71.7 cm³/mol. The Bertz CT molecular complexity index is 164. The zero-order valence-electron chi connectivity index (χ0n) is 10.6. The average molecular weight is 229 g/mol. The number of nitrogens with one attached hydrogen (secondary N) is 1. The van der Waals surface area contributed by atoms with Crippen LogP contribution in [0, 0.1) is 0 Å². The van der Waals surface area contributed by atoms with Gasteiger partial charge in [-0.2, -0.15) is 11.8 Å². The quantitative estimate of drug-likeness (QED) is 0.712. The molecule has 0 heterocycles. The van der Waals surface area contributed by atoms with Crippen LogP contribution in [0.5, 0.6) is 0 Å². The van der Waals surface area contributed by atoms with Gasteiger partial charge < -0.3 is 5.32 Å². The van der Waals surface area contributed by atoms with Gasteiger partial charge in [-0.3, -0.25) is 0 Å². The van der Waals surface area contributed by atoms with Crippen molar-refractivity contribution < 1.29 is 0 Å². The lowest BCUT2D eigenvalue weighted by atomic mass is 10.1. The van der Waals surface area contributed by atoms with Crippen molar-refractivity contribution in [3.8, 4) is 0 Å². The fraction of sp³-hybridized carbons (Fsp3) is 1.00. The first-order valence-electron chi connectivity index (χ1n) is 6.51. The van der Waals surface area contributed by atoms with E-state index in [-0.39, 0.29) is 0 Å². The third kappa shape index (κ3) is 4.36. The second kappa shape index (κ2) is 6.80. The first-order chi connectivity index (χ1) is 7.22. The van der Waals surface area contributed by atoms with E-state index in [0.717, 1.165) is 0 Å². The second-order valence-electron chi connectivity index (χ2n) is 5.02. The molecule has 1 unspecified atom stereocenters. The molecule has 0 aromatic heterocycles. The lowest BCUT2D eigenvalue weighted by Gasteiger charge is -2.29. The third-order valence-electron chi connectivity index (χ3n) is 3.71. The zero-order chi connectivity index (χ0) is 11.1. The van der Waals surface area contributed by atoms with Crippen molar-refractivity contribution >= 4 is 11.8 Å². The van der Waals surface area contributed by atoms with Crippen LogP contribution in [0.3, 0.4) is 0 Å². The van der Waals surface area contributed by atoms with Crippen molar-refractivity contribution in [1.82, 2.24) is 5.32 Å². The fourth-order valence-electron chi connectivity index (χ4n) is 2.45. The van der Waals surface area contributed by atoms with E-state index >= 15 is 0 Å². The topological polar surface area (TPSA) is 12.0 Å². The van der Waals surface area contributed by atoms with Crippen molar-refractivity contribution in [3.63, 3.8) is 0 Å². The first kappa shape index (κ1) is 13.4. The van der Waals surface area contributed by atoms with Gasteiger partial charge in [0.2, 0.25) is 0 Å². The van der Waals surface area contributed by atoms with Crippen LogP contribution in [0.4, 0.5) is 0 Å². The van der Waals surface area contributed by atoms with E-state index in [1.807, 2.05) is 0 Å². The molecular weight excluding hydrogens is 202 g/mol. The minimum Gasteiger partial charge on any atom is -0.313 e. The highest BCUT2D eigenvalue weighted by molar-refractivity contribution is 8.00. The standard InChI is InChI=1S/C13H27NS/c1-4-5-8-12(2)14-11-13(15-3)9-6-7-10-13/h12,14H,4-11H2,1-3H3. The number of unbranched alkanes of at least 4 members (excludes halogenated alkanes) is 1. The molecule has 0 spiro atoms. The lowest BCUT2D eigenvalue weighted by Crippen LogP contribution is -2.39. The second-order valence-corrected chi connectivity index (χ2v) is 6.29. The maximum atomic E-state index is 3.73. The molecule has 0 amide bonds. The molecule has 1 aliphatic rings. The Kier molecular flexibility index (Phi) is 6.06. The van der Waals surface area contributed by atoms with Crippen molar-refractivity contribution in [1.29, 1.82) is 0 Å². The van der Waals surface area contributed by atoms with Crippen molar-refractivity contribution in [2.45, 2.75) is 69.6 Å². The van der Waals surface area contributed by atoms with E-state index in [1.54, 1.807) is 0 Å². The zero-order valence-corrected chi connectivity index (χ0v) is 11.5. The van der Waals surface area contributed by atoms with E-state index in [4.69, 9.17) is 0 Å². The average Bonchev–Trinajstić information content (AvgIpc) is 2.73. The monoisotopic (exact) mass is 229 g/mol. The Labute approximate surface area is 99.8 Å². The van der Waals surface area contributed by atoms with Crippen LogP contribution in [-0.4, -0.2) is 23.6 Å². The van der Waals surface area contributed by atoms with Crippen LogP contribution in [0.1, 0.15) is 58.8 Å². The van der Waals surface area contributed by atoms with Gasteiger partial charge in [-0.15, -0.1) is 0 Å². The van der Waals surface area contributed by atoms with E-state index in [0.29, 0.717) is 10.8 Å². The predicted octanol–water partition coefficient (Wildman–Crippen LogP) is 3.83. The van der Waals surface area contributed by atoms with Crippen LogP contribution in [-0.2, 0) is 0 Å². The Morgan fingerprint density at radius 3 is 2.53 bits per heavy atom. The van der Waals surface area contributed by atoms with Crippen LogP contribution in [0.25, 0.3) is 0 Å².